The second kappa shape index (κ2) is 6.07. The highest BCUT2D eigenvalue weighted by Gasteiger charge is 2.19. The minimum absolute atomic E-state index is 0.176. The zero-order chi connectivity index (χ0) is 14.0. The molecule has 0 atom stereocenters. The first-order valence-corrected chi connectivity index (χ1v) is 7.30. The minimum atomic E-state index is -0.176. The van der Waals surface area contributed by atoms with Crippen LogP contribution in [0.4, 0.5) is 0 Å². The Kier molecular flexibility index (Phi) is 4.66. The first-order chi connectivity index (χ1) is 9.04. The predicted octanol–water partition coefficient (Wildman–Crippen LogP) is 4.59. The summed E-state index contributed by atoms with van der Waals surface area (Å²) in [7, 11) is 0. The Balaban J connectivity index is 2.43. The lowest BCUT2D eigenvalue weighted by atomic mass is 10.1. The third-order valence-corrected chi connectivity index (χ3v) is 4.14. The van der Waals surface area contributed by atoms with E-state index < -0.39 is 0 Å². The normalized spacial score (nSPS) is 10.7. The van der Waals surface area contributed by atoms with Crippen LogP contribution in [0.5, 0.6) is 0 Å². The molecule has 0 saturated heterocycles. The van der Waals surface area contributed by atoms with E-state index in [2.05, 4.69) is 21.0 Å². The highest BCUT2D eigenvalue weighted by Crippen LogP contribution is 2.26. The summed E-state index contributed by atoms with van der Waals surface area (Å²) in [6, 6.07) is 5.06. The number of carbonyl (C=O) groups is 1. The fourth-order valence-electron chi connectivity index (χ4n) is 1.74. The Bertz CT molecular complexity index is 625. The van der Waals surface area contributed by atoms with E-state index in [0.29, 0.717) is 27.8 Å². The van der Waals surface area contributed by atoms with E-state index in [0.717, 1.165) is 10.9 Å². The molecule has 1 aromatic heterocycles. The quantitative estimate of drug-likeness (QED) is 0.746. The molecule has 3 nitrogen and oxygen atoms in total. The van der Waals surface area contributed by atoms with Crippen molar-refractivity contribution in [3.8, 4) is 0 Å². The lowest BCUT2D eigenvalue weighted by Crippen LogP contribution is -2.12. The molecule has 0 aliphatic heterocycles. The number of aromatic nitrogens is 2. The molecule has 0 radical (unpaired) electrons. The number of carbonyl (C=O) groups excluding carboxylic acids is 1. The number of ketones is 1. The zero-order valence-corrected chi connectivity index (χ0v) is 13.3. The van der Waals surface area contributed by atoms with Crippen LogP contribution in [0.3, 0.4) is 0 Å². The molecule has 0 fully saturated rings. The summed E-state index contributed by atoms with van der Waals surface area (Å²) in [4.78, 5) is 12.5. The zero-order valence-electron chi connectivity index (χ0n) is 10.2. The van der Waals surface area contributed by atoms with Crippen LogP contribution in [-0.2, 0) is 6.54 Å². The molecule has 0 N–H and O–H groups in total. The van der Waals surface area contributed by atoms with E-state index in [1.165, 1.54) is 6.20 Å². The maximum atomic E-state index is 12.5. The van der Waals surface area contributed by atoms with Crippen LogP contribution in [-0.4, -0.2) is 15.6 Å². The van der Waals surface area contributed by atoms with E-state index in [1.807, 2.05) is 6.92 Å². The van der Waals surface area contributed by atoms with Gasteiger partial charge in [0.05, 0.1) is 16.2 Å². The highest BCUT2D eigenvalue weighted by molar-refractivity contribution is 9.10. The van der Waals surface area contributed by atoms with Gasteiger partial charge in [-0.25, -0.2) is 0 Å². The maximum absolute atomic E-state index is 12.5. The first kappa shape index (κ1) is 14.6. The number of aryl methyl sites for hydroxylation is 1. The molecule has 6 heteroatoms. The molecule has 19 heavy (non-hydrogen) atoms. The van der Waals surface area contributed by atoms with Crippen molar-refractivity contribution in [2.45, 2.75) is 19.9 Å². The summed E-state index contributed by atoms with van der Waals surface area (Å²) < 4.78 is 2.37. The Morgan fingerprint density at radius 3 is 2.74 bits per heavy atom. The summed E-state index contributed by atoms with van der Waals surface area (Å²) in [6.07, 6.45) is 2.37. The standard InChI is InChI=1S/C13H11BrCl2N2O/c1-2-5-18-12(11(16)7-17-18)13(19)8-3-4-9(14)10(15)6-8/h3-4,6-7H,2,5H2,1H3. The van der Waals surface area contributed by atoms with Crippen molar-refractivity contribution in [3.05, 3.63) is 50.2 Å². The summed E-state index contributed by atoms with van der Waals surface area (Å²) in [5.41, 5.74) is 0.898. The molecule has 2 rings (SSSR count). The topological polar surface area (TPSA) is 34.9 Å². The number of benzene rings is 1. The molecule has 0 spiro atoms. The lowest BCUT2D eigenvalue weighted by Gasteiger charge is -2.07. The van der Waals surface area contributed by atoms with Gasteiger partial charge in [0.25, 0.3) is 0 Å². The molecule has 1 heterocycles. The van der Waals surface area contributed by atoms with E-state index in [1.54, 1.807) is 22.9 Å². The molecule has 0 aliphatic carbocycles. The van der Waals surface area contributed by atoms with Crippen LogP contribution < -0.4 is 0 Å². The second-order valence-corrected chi connectivity index (χ2v) is 5.69. The van der Waals surface area contributed by atoms with Gasteiger partial charge in [-0.1, -0.05) is 30.1 Å². The Morgan fingerprint density at radius 1 is 1.37 bits per heavy atom. The number of nitrogens with zero attached hydrogens (tertiary/aromatic N) is 2. The monoisotopic (exact) mass is 360 g/mol. The third-order valence-electron chi connectivity index (χ3n) is 2.63. The molecule has 100 valence electrons. The van der Waals surface area contributed by atoms with Gasteiger partial charge in [-0.05, 0) is 40.5 Å². The third kappa shape index (κ3) is 3.02. The van der Waals surface area contributed by atoms with Gasteiger partial charge in [-0.3, -0.25) is 9.48 Å². The fourth-order valence-corrected chi connectivity index (χ4v) is 2.40. The Morgan fingerprint density at radius 2 is 2.11 bits per heavy atom. The van der Waals surface area contributed by atoms with Gasteiger partial charge in [0.2, 0.25) is 5.78 Å². The molecule has 0 aliphatic rings. The maximum Gasteiger partial charge on any atom is 0.212 e. The Labute approximate surface area is 129 Å². The van der Waals surface area contributed by atoms with Crippen LogP contribution in [0, 0.1) is 0 Å². The first-order valence-electron chi connectivity index (χ1n) is 5.75. The van der Waals surface area contributed by atoms with Crippen LogP contribution in [0.15, 0.2) is 28.9 Å². The van der Waals surface area contributed by atoms with E-state index >= 15 is 0 Å². The molecular formula is C13H11BrCl2N2O. The van der Waals surface area contributed by atoms with E-state index in [9.17, 15) is 4.79 Å². The summed E-state index contributed by atoms with van der Waals surface area (Å²) in [5.74, 6) is -0.176. The Hall–Kier alpha value is -0.840. The highest BCUT2D eigenvalue weighted by atomic mass is 79.9. The number of halogens is 3. The molecule has 2 aromatic rings. The van der Waals surface area contributed by atoms with Gasteiger partial charge in [0.1, 0.15) is 5.69 Å². The van der Waals surface area contributed by atoms with Crippen molar-refractivity contribution in [2.75, 3.05) is 0 Å². The van der Waals surface area contributed by atoms with E-state index in [4.69, 9.17) is 23.2 Å². The summed E-state index contributed by atoms with van der Waals surface area (Å²) in [5, 5.41) is 4.96. The van der Waals surface area contributed by atoms with Gasteiger partial charge in [-0.2, -0.15) is 5.10 Å². The van der Waals surface area contributed by atoms with Crippen LogP contribution in [0.2, 0.25) is 10.0 Å². The molecule has 0 unspecified atom stereocenters. The van der Waals surface area contributed by atoms with Crippen LogP contribution >= 0.6 is 39.1 Å². The van der Waals surface area contributed by atoms with Crippen molar-refractivity contribution >= 4 is 44.9 Å². The predicted molar refractivity (Wildman–Crippen MR) is 80.1 cm³/mol. The summed E-state index contributed by atoms with van der Waals surface area (Å²) >= 11 is 15.3. The van der Waals surface area contributed by atoms with Gasteiger partial charge in [-0.15, -0.1) is 0 Å². The van der Waals surface area contributed by atoms with Crippen molar-refractivity contribution < 1.29 is 4.79 Å². The summed E-state index contributed by atoms with van der Waals surface area (Å²) in [6.45, 7) is 2.67. The molecule has 0 saturated carbocycles. The van der Waals surface area contributed by atoms with Gasteiger partial charge in [0, 0.05) is 16.6 Å². The molecule has 0 bridgehead atoms. The van der Waals surface area contributed by atoms with Crippen molar-refractivity contribution in [1.29, 1.82) is 0 Å². The van der Waals surface area contributed by atoms with Gasteiger partial charge in [0.15, 0.2) is 0 Å². The average Bonchev–Trinajstić information content (AvgIpc) is 2.74. The van der Waals surface area contributed by atoms with Crippen molar-refractivity contribution in [2.24, 2.45) is 0 Å². The largest absolute Gasteiger partial charge is 0.287 e. The van der Waals surface area contributed by atoms with Crippen LogP contribution in [0.1, 0.15) is 29.4 Å². The van der Waals surface area contributed by atoms with Crippen molar-refractivity contribution in [1.82, 2.24) is 9.78 Å². The van der Waals surface area contributed by atoms with Crippen LogP contribution in [0.25, 0.3) is 0 Å². The number of hydrogen-bond acceptors (Lipinski definition) is 2. The molecular weight excluding hydrogens is 351 g/mol. The second-order valence-electron chi connectivity index (χ2n) is 4.02. The number of hydrogen-bond donors (Lipinski definition) is 0. The van der Waals surface area contributed by atoms with Gasteiger partial charge >= 0.3 is 0 Å². The SMILES string of the molecule is CCCn1ncc(Cl)c1C(=O)c1ccc(Br)c(Cl)c1. The van der Waals surface area contributed by atoms with Gasteiger partial charge < -0.3 is 0 Å². The average molecular weight is 362 g/mol. The lowest BCUT2D eigenvalue weighted by molar-refractivity contribution is 0.102. The molecule has 0 amide bonds. The molecule has 1 aromatic carbocycles. The fraction of sp³-hybridized carbons (Fsp3) is 0.231. The minimum Gasteiger partial charge on any atom is -0.287 e. The van der Waals surface area contributed by atoms with Crippen molar-refractivity contribution in [3.63, 3.8) is 0 Å². The smallest absolute Gasteiger partial charge is 0.212 e. The number of rotatable bonds is 4. The van der Waals surface area contributed by atoms with E-state index in [-0.39, 0.29) is 5.78 Å².